The molecule has 0 unspecified atom stereocenters. The SMILES string of the molecule is CN1C(=O)C(=C2C(=C/C=C3/N(C)c4ccc5ccccc5c4C3(C)C)CC/C2=C\C=C2\N(C)c3ccc4ccccc4c3C2(C)C)C(=O)N(C)C1=O. The first-order chi connectivity index (χ1) is 24.7. The summed E-state index contributed by atoms with van der Waals surface area (Å²) in [5.41, 5.74) is 9.04. The van der Waals surface area contributed by atoms with Crippen LogP contribution in [0.25, 0.3) is 21.5 Å². The summed E-state index contributed by atoms with van der Waals surface area (Å²) in [6.45, 7) is 9.01. The van der Waals surface area contributed by atoms with Crippen molar-refractivity contribution >= 4 is 50.8 Å². The van der Waals surface area contributed by atoms with Gasteiger partial charge in [-0.1, -0.05) is 101 Å². The monoisotopic (exact) mass is 688 g/mol. The van der Waals surface area contributed by atoms with Crippen LogP contribution in [0.3, 0.4) is 0 Å². The molecule has 8 rings (SSSR count). The van der Waals surface area contributed by atoms with Gasteiger partial charge >= 0.3 is 6.03 Å². The van der Waals surface area contributed by atoms with E-state index in [9.17, 15) is 14.4 Å². The minimum atomic E-state index is -0.628. The van der Waals surface area contributed by atoms with Crippen LogP contribution in [0.4, 0.5) is 16.2 Å². The molecule has 4 aromatic carbocycles. The topological polar surface area (TPSA) is 64.2 Å². The number of likely N-dealkylation sites (N-methyl/N-ethyl adjacent to an activating group) is 4. The third-order valence-corrected chi connectivity index (χ3v) is 11.8. The largest absolute Gasteiger partial charge is 0.347 e. The molecule has 0 N–H and O–H groups in total. The minimum absolute atomic E-state index is 0.0398. The van der Waals surface area contributed by atoms with E-state index in [1.54, 1.807) is 0 Å². The molecule has 0 spiro atoms. The van der Waals surface area contributed by atoms with Crippen LogP contribution in [0.1, 0.15) is 51.7 Å². The van der Waals surface area contributed by atoms with Gasteiger partial charge in [0.25, 0.3) is 11.8 Å². The summed E-state index contributed by atoms with van der Waals surface area (Å²) in [4.78, 5) is 47.1. The number of amides is 4. The molecule has 0 aromatic heterocycles. The summed E-state index contributed by atoms with van der Waals surface area (Å²) >= 11 is 0. The van der Waals surface area contributed by atoms with Crippen LogP contribution in [0.2, 0.25) is 0 Å². The number of anilines is 2. The molecule has 7 heteroatoms. The number of benzene rings is 4. The van der Waals surface area contributed by atoms with Crippen molar-refractivity contribution in [2.45, 2.75) is 51.4 Å². The van der Waals surface area contributed by atoms with Gasteiger partial charge in [0.15, 0.2) is 0 Å². The van der Waals surface area contributed by atoms with Crippen LogP contribution in [0.15, 0.2) is 131 Å². The summed E-state index contributed by atoms with van der Waals surface area (Å²) in [7, 11) is 7.08. The lowest BCUT2D eigenvalue weighted by Gasteiger charge is -2.30. The number of carbonyl (C=O) groups excluding carboxylic acids is 3. The fourth-order valence-electron chi connectivity index (χ4n) is 9.17. The first-order valence-corrected chi connectivity index (χ1v) is 17.9. The van der Waals surface area contributed by atoms with Crippen LogP contribution in [0, 0.1) is 0 Å². The Morgan fingerprint density at radius 1 is 0.500 bits per heavy atom. The Morgan fingerprint density at radius 3 is 1.33 bits per heavy atom. The number of urea groups is 1. The third-order valence-electron chi connectivity index (χ3n) is 11.8. The number of barbiturate groups is 1. The molecule has 2 fully saturated rings. The second-order valence-electron chi connectivity index (χ2n) is 15.5. The van der Waals surface area contributed by atoms with E-state index >= 15 is 0 Å². The van der Waals surface area contributed by atoms with Crippen LogP contribution in [-0.2, 0) is 20.4 Å². The van der Waals surface area contributed by atoms with E-state index in [1.165, 1.54) is 58.1 Å². The Morgan fingerprint density at radius 2 is 0.904 bits per heavy atom. The number of carbonyl (C=O) groups is 3. The van der Waals surface area contributed by atoms with Crippen molar-refractivity contribution in [2.24, 2.45) is 0 Å². The van der Waals surface area contributed by atoms with Crippen LogP contribution >= 0.6 is 0 Å². The Hall–Kier alpha value is -5.69. The highest BCUT2D eigenvalue weighted by Gasteiger charge is 2.44. The number of nitrogens with zero attached hydrogens (tertiary/aromatic N) is 4. The molecule has 1 aliphatic carbocycles. The fraction of sp³-hybridized carbons (Fsp3) is 0.267. The van der Waals surface area contributed by atoms with Gasteiger partial charge in [-0.2, -0.15) is 0 Å². The van der Waals surface area contributed by atoms with Crippen molar-refractivity contribution in [1.29, 1.82) is 0 Å². The van der Waals surface area contributed by atoms with Crippen molar-refractivity contribution in [2.75, 3.05) is 38.0 Å². The molecule has 0 atom stereocenters. The normalized spacial score (nSPS) is 22.8. The first-order valence-electron chi connectivity index (χ1n) is 17.9. The van der Waals surface area contributed by atoms with Crippen molar-refractivity contribution < 1.29 is 14.4 Å². The molecule has 4 aromatic rings. The van der Waals surface area contributed by atoms with E-state index in [2.05, 4.69) is 149 Å². The second-order valence-corrected chi connectivity index (χ2v) is 15.5. The molecule has 0 bridgehead atoms. The molecule has 52 heavy (non-hydrogen) atoms. The smallest absolute Gasteiger partial charge is 0.333 e. The molecule has 7 nitrogen and oxygen atoms in total. The van der Waals surface area contributed by atoms with Crippen molar-refractivity contribution in [3.8, 4) is 0 Å². The molecule has 3 heterocycles. The summed E-state index contributed by atoms with van der Waals surface area (Å²) < 4.78 is 0. The average molecular weight is 689 g/mol. The van der Waals surface area contributed by atoms with Crippen LogP contribution in [0.5, 0.6) is 0 Å². The highest BCUT2D eigenvalue weighted by Crippen LogP contribution is 2.52. The summed E-state index contributed by atoms with van der Waals surface area (Å²) in [5.74, 6) is -1.15. The summed E-state index contributed by atoms with van der Waals surface area (Å²) in [5, 5.41) is 4.88. The Balaban J connectivity index is 1.26. The lowest BCUT2D eigenvalue weighted by molar-refractivity contribution is -0.134. The molecule has 1 saturated heterocycles. The van der Waals surface area contributed by atoms with Crippen LogP contribution < -0.4 is 9.80 Å². The molecule has 1 saturated carbocycles. The van der Waals surface area contributed by atoms with Gasteiger partial charge in [0, 0.05) is 61.8 Å². The van der Waals surface area contributed by atoms with Crippen LogP contribution in [-0.4, -0.2) is 55.8 Å². The lowest BCUT2D eigenvalue weighted by atomic mass is 9.81. The number of hydrogen-bond acceptors (Lipinski definition) is 5. The fourth-order valence-corrected chi connectivity index (χ4v) is 9.17. The van der Waals surface area contributed by atoms with E-state index in [-0.39, 0.29) is 16.4 Å². The van der Waals surface area contributed by atoms with Crippen molar-refractivity contribution in [3.63, 3.8) is 0 Å². The molecule has 0 radical (unpaired) electrons. The van der Waals surface area contributed by atoms with Crippen molar-refractivity contribution in [3.05, 3.63) is 142 Å². The first kappa shape index (κ1) is 33.5. The van der Waals surface area contributed by atoms with E-state index in [0.29, 0.717) is 18.4 Å². The van der Waals surface area contributed by atoms with Gasteiger partial charge in [-0.25, -0.2) is 4.79 Å². The Kier molecular flexibility index (Phi) is 7.51. The molecule has 262 valence electrons. The van der Waals surface area contributed by atoms with E-state index in [0.717, 1.165) is 32.3 Å². The van der Waals surface area contributed by atoms with Gasteiger partial charge in [0.05, 0.1) is 0 Å². The lowest BCUT2D eigenvalue weighted by Crippen LogP contribution is -2.53. The molecular weight excluding hydrogens is 645 g/mol. The van der Waals surface area contributed by atoms with Crippen molar-refractivity contribution in [1.82, 2.24) is 9.80 Å². The average Bonchev–Trinajstić information content (AvgIpc) is 3.68. The van der Waals surface area contributed by atoms with E-state index in [4.69, 9.17) is 0 Å². The molecule has 3 aliphatic heterocycles. The van der Waals surface area contributed by atoms with Gasteiger partial charge in [0.2, 0.25) is 0 Å². The molecule has 4 aliphatic rings. The van der Waals surface area contributed by atoms with Gasteiger partial charge < -0.3 is 9.80 Å². The van der Waals surface area contributed by atoms with Gasteiger partial charge in [-0.05, 0) is 86.5 Å². The van der Waals surface area contributed by atoms with E-state index in [1.807, 2.05) is 0 Å². The van der Waals surface area contributed by atoms with Gasteiger partial charge in [-0.3, -0.25) is 19.4 Å². The minimum Gasteiger partial charge on any atom is -0.347 e. The predicted molar refractivity (Wildman–Crippen MR) is 210 cm³/mol. The zero-order chi connectivity index (χ0) is 36.9. The maximum atomic E-state index is 13.8. The number of allylic oxidation sites excluding steroid dienone is 9. The number of rotatable bonds is 2. The Bertz CT molecular complexity index is 2270. The predicted octanol–water partition coefficient (Wildman–Crippen LogP) is 8.91. The standard InChI is InChI=1S/C45H44N4O3/c1-44(2)35(46(5)33-23-19-27-13-9-11-15-31(27)39(33)44)25-21-29-17-18-30(37(29)38-41(50)48(7)43(52)49(8)42(38)51)22-26-36-45(3,4)40-32-16-12-10-14-28(32)20-24-34(40)47(36)6/h9-16,19-26H,17-18H2,1-8H3/b29-21+,30-22?,35-25+,36-26+. The molecular formula is C45H44N4O3. The number of hydrogen-bond donors (Lipinski definition) is 0. The van der Waals surface area contributed by atoms with E-state index < -0.39 is 17.8 Å². The Labute approximate surface area is 305 Å². The maximum absolute atomic E-state index is 13.8. The molecule has 4 amide bonds. The summed E-state index contributed by atoms with van der Waals surface area (Å²) in [6, 6.07) is 25.1. The highest BCUT2D eigenvalue weighted by molar-refractivity contribution is 6.29. The second kappa shape index (κ2) is 11.7. The number of fused-ring (bicyclic) bond motifs is 6. The zero-order valence-electron chi connectivity index (χ0n) is 31.2. The zero-order valence-corrected chi connectivity index (χ0v) is 31.2. The highest BCUT2D eigenvalue weighted by atomic mass is 16.2. The summed E-state index contributed by atoms with van der Waals surface area (Å²) in [6.07, 6.45) is 9.79. The quantitative estimate of drug-likeness (QED) is 0.156. The maximum Gasteiger partial charge on any atom is 0.333 e. The third kappa shape index (κ3) is 4.68. The van der Waals surface area contributed by atoms with Gasteiger partial charge in [0.1, 0.15) is 5.57 Å². The number of imide groups is 2. The van der Waals surface area contributed by atoms with Gasteiger partial charge in [-0.15, -0.1) is 0 Å².